The normalized spacial score (nSPS) is 24.6. The van der Waals surface area contributed by atoms with Crippen LogP contribution < -0.4 is 10.6 Å². The van der Waals surface area contributed by atoms with Crippen LogP contribution in [0.4, 0.5) is 0 Å². The fraction of sp³-hybridized carbons (Fsp3) is 0.375. The first-order valence-electron chi connectivity index (χ1n) is 7.01. The Labute approximate surface area is 128 Å². The van der Waals surface area contributed by atoms with Crippen LogP contribution in [-0.4, -0.2) is 26.4 Å². The van der Waals surface area contributed by atoms with E-state index in [2.05, 4.69) is 11.1 Å². The van der Waals surface area contributed by atoms with Gasteiger partial charge in [0.15, 0.2) is 5.82 Å². The van der Waals surface area contributed by atoms with E-state index in [1.165, 1.54) is 0 Å². The Morgan fingerprint density at radius 1 is 1.23 bits per heavy atom. The molecule has 6 heteroatoms. The molecule has 0 amide bonds. The lowest BCUT2D eigenvalue weighted by molar-refractivity contribution is -0.181. The predicted octanol–water partition coefficient (Wildman–Crippen LogP) is 1.05. The van der Waals surface area contributed by atoms with Gasteiger partial charge in [0.25, 0.3) is 0 Å². The van der Waals surface area contributed by atoms with Crippen molar-refractivity contribution in [2.75, 3.05) is 0 Å². The number of nitriles is 1. The summed E-state index contributed by atoms with van der Waals surface area (Å²) in [5, 5.41) is 35.3. The fourth-order valence-corrected chi connectivity index (χ4v) is 2.59. The molecular formula is C16H17N4O2. The lowest BCUT2D eigenvalue weighted by Gasteiger charge is -2.36. The molecule has 22 heavy (non-hydrogen) atoms. The largest absolute Gasteiger partial charge is 0.286 e. The topological polar surface area (TPSA) is 82.8 Å². The Bertz CT molecular complexity index is 824. The fourth-order valence-electron chi connectivity index (χ4n) is 2.59. The van der Waals surface area contributed by atoms with Crippen molar-refractivity contribution in [1.29, 1.82) is 5.26 Å². The standard InChI is InChI=1S/C16H17N4O2/c1-15(2)16(3,4)20(22)14(19(15)21)13-8-11-6-5-10(9-17)7-12(11)18-13/h5-8,21H,1-4H3/b14-13+. The van der Waals surface area contributed by atoms with Crippen molar-refractivity contribution < 1.29 is 10.4 Å². The summed E-state index contributed by atoms with van der Waals surface area (Å²) >= 11 is 0. The Hall–Kier alpha value is -2.36. The van der Waals surface area contributed by atoms with Crippen LogP contribution in [-0.2, 0) is 5.21 Å². The maximum atomic E-state index is 12.6. The average molecular weight is 297 g/mol. The lowest BCUT2D eigenvalue weighted by Crippen LogP contribution is -2.52. The molecule has 3 rings (SSSR count). The highest BCUT2D eigenvalue weighted by Gasteiger charge is 2.57. The zero-order valence-electron chi connectivity index (χ0n) is 13.0. The quantitative estimate of drug-likeness (QED) is 0.776. The van der Waals surface area contributed by atoms with E-state index < -0.39 is 11.1 Å². The predicted molar refractivity (Wildman–Crippen MR) is 77.7 cm³/mol. The third kappa shape index (κ3) is 1.70. The van der Waals surface area contributed by atoms with Gasteiger partial charge in [-0.05, 0) is 45.9 Å². The molecule has 6 nitrogen and oxygen atoms in total. The smallest absolute Gasteiger partial charge is 0.183 e. The summed E-state index contributed by atoms with van der Waals surface area (Å²) in [4.78, 5) is 4.40. The summed E-state index contributed by atoms with van der Waals surface area (Å²) in [6, 6.07) is 7.22. The van der Waals surface area contributed by atoms with Gasteiger partial charge in [0, 0.05) is 5.22 Å². The van der Waals surface area contributed by atoms with Crippen molar-refractivity contribution >= 4 is 6.08 Å². The highest BCUT2D eigenvalue weighted by molar-refractivity contribution is 5.53. The number of hydroxylamine groups is 4. The molecule has 1 aromatic rings. The molecule has 0 unspecified atom stereocenters. The molecule has 1 saturated heterocycles. The molecule has 1 radical (unpaired) electrons. The van der Waals surface area contributed by atoms with Crippen LogP contribution in [0, 0.1) is 11.3 Å². The number of benzene rings is 1. The minimum absolute atomic E-state index is 0.129. The molecule has 0 atom stereocenters. The molecule has 2 aliphatic heterocycles. The van der Waals surface area contributed by atoms with Gasteiger partial charge in [0.1, 0.15) is 5.70 Å². The molecule has 0 aromatic heterocycles. The van der Waals surface area contributed by atoms with E-state index in [1.54, 1.807) is 52.0 Å². The molecule has 1 fully saturated rings. The maximum absolute atomic E-state index is 12.6. The first kappa shape index (κ1) is 14.6. The molecule has 0 saturated carbocycles. The Morgan fingerprint density at radius 3 is 2.45 bits per heavy atom. The van der Waals surface area contributed by atoms with E-state index in [4.69, 9.17) is 5.26 Å². The molecular weight excluding hydrogens is 280 g/mol. The lowest BCUT2D eigenvalue weighted by atomic mass is 9.84. The van der Waals surface area contributed by atoms with Crippen molar-refractivity contribution in [1.82, 2.24) is 10.1 Å². The van der Waals surface area contributed by atoms with E-state index in [-0.39, 0.29) is 5.82 Å². The van der Waals surface area contributed by atoms with Gasteiger partial charge < -0.3 is 0 Å². The summed E-state index contributed by atoms with van der Waals surface area (Å²) in [6.45, 7) is 7.18. The first-order valence-corrected chi connectivity index (χ1v) is 7.01. The molecule has 2 aliphatic rings. The van der Waals surface area contributed by atoms with E-state index in [0.29, 0.717) is 16.6 Å². The summed E-state index contributed by atoms with van der Waals surface area (Å²) in [6.07, 6.45) is 1.75. The van der Waals surface area contributed by atoms with Gasteiger partial charge in [-0.15, -0.1) is 0 Å². The number of hydrogen-bond donors (Lipinski definition) is 1. The van der Waals surface area contributed by atoms with Gasteiger partial charge >= 0.3 is 0 Å². The van der Waals surface area contributed by atoms with Crippen LogP contribution in [0.1, 0.15) is 33.3 Å². The molecule has 1 aromatic carbocycles. The number of hydrogen-bond acceptors (Lipinski definition) is 5. The minimum Gasteiger partial charge on any atom is -0.286 e. The first-order chi connectivity index (χ1) is 10.2. The summed E-state index contributed by atoms with van der Waals surface area (Å²) in [7, 11) is 0. The molecule has 0 aliphatic carbocycles. The van der Waals surface area contributed by atoms with Crippen molar-refractivity contribution in [2.24, 2.45) is 4.99 Å². The highest BCUT2D eigenvalue weighted by Crippen LogP contribution is 2.44. The summed E-state index contributed by atoms with van der Waals surface area (Å²) < 4.78 is 0. The summed E-state index contributed by atoms with van der Waals surface area (Å²) in [5.41, 5.74) is -0.650. The van der Waals surface area contributed by atoms with Crippen molar-refractivity contribution in [3.63, 3.8) is 0 Å². The Balaban J connectivity index is 2.21. The van der Waals surface area contributed by atoms with Crippen LogP contribution in [0.15, 0.2) is 34.7 Å². The molecule has 0 spiro atoms. The second-order valence-electron chi connectivity index (χ2n) is 6.57. The van der Waals surface area contributed by atoms with E-state index >= 15 is 0 Å². The van der Waals surface area contributed by atoms with E-state index in [0.717, 1.165) is 15.3 Å². The van der Waals surface area contributed by atoms with Gasteiger partial charge in [-0.2, -0.15) is 10.3 Å². The summed E-state index contributed by atoms with van der Waals surface area (Å²) in [5.74, 6) is 0.129. The Kier molecular flexibility index (Phi) is 2.86. The van der Waals surface area contributed by atoms with Gasteiger partial charge in [-0.1, -0.05) is 11.3 Å². The zero-order chi connectivity index (χ0) is 16.3. The second kappa shape index (κ2) is 4.32. The van der Waals surface area contributed by atoms with Gasteiger partial charge in [-0.3, -0.25) is 5.21 Å². The number of nitrogens with zero attached hydrogens (tertiary/aromatic N) is 4. The average Bonchev–Trinajstić information content (AvgIpc) is 2.92. The number of allylic oxidation sites excluding steroid dienone is 1. The number of fused-ring (bicyclic) bond motifs is 1. The van der Waals surface area contributed by atoms with E-state index in [1.807, 2.05) is 0 Å². The van der Waals surface area contributed by atoms with E-state index in [9.17, 15) is 10.4 Å². The third-order valence-corrected chi connectivity index (χ3v) is 4.85. The van der Waals surface area contributed by atoms with Gasteiger partial charge in [0.05, 0.1) is 28.1 Å². The molecule has 1 N–H and O–H groups in total. The monoisotopic (exact) mass is 297 g/mol. The highest BCUT2D eigenvalue weighted by atomic mass is 16.6. The molecule has 113 valence electrons. The third-order valence-electron chi connectivity index (χ3n) is 4.85. The minimum atomic E-state index is -0.806. The van der Waals surface area contributed by atoms with Crippen LogP contribution >= 0.6 is 0 Å². The van der Waals surface area contributed by atoms with Crippen LogP contribution in [0.25, 0.3) is 6.08 Å². The zero-order valence-corrected chi connectivity index (χ0v) is 13.0. The van der Waals surface area contributed by atoms with Gasteiger partial charge in [-0.25, -0.2) is 10.1 Å². The Morgan fingerprint density at radius 2 is 1.91 bits per heavy atom. The maximum Gasteiger partial charge on any atom is 0.183 e. The molecule has 0 bridgehead atoms. The van der Waals surface area contributed by atoms with Crippen LogP contribution in [0.2, 0.25) is 0 Å². The van der Waals surface area contributed by atoms with Crippen molar-refractivity contribution in [3.8, 4) is 6.07 Å². The number of rotatable bonds is 0. The van der Waals surface area contributed by atoms with Crippen molar-refractivity contribution in [2.45, 2.75) is 38.8 Å². The second-order valence-corrected chi connectivity index (χ2v) is 6.57. The van der Waals surface area contributed by atoms with Crippen LogP contribution in [0.5, 0.6) is 0 Å². The molecule has 2 heterocycles. The SMILES string of the molecule is CC1(C)N([O])/C(=C2\C=c3ccc(C#N)cc3=N2)N(O)C1(C)C. The van der Waals surface area contributed by atoms with Gasteiger partial charge in [0.2, 0.25) is 0 Å². The van der Waals surface area contributed by atoms with Crippen molar-refractivity contribution in [3.05, 3.63) is 45.9 Å². The van der Waals surface area contributed by atoms with Crippen LogP contribution in [0.3, 0.4) is 0 Å².